The molecular weight excluding hydrogens is 250 g/mol. The predicted molar refractivity (Wildman–Crippen MR) is 69.2 cm³/mol. The summed E-state index contributed by atoms with van der Waals surface area (Å²) in [5.41, 5.74) is -0.0223. The van der Waals surface area contributed by atoms with E-state index in [4.69, 9.17) is 9.47 Å². The molecule has 0 radical (unpaired) electrons. The number of hydrogen-bond donors (Lipinski definition) is 1. The molecule has 1 aliphatic heterocycles. The van der Waals surface area contributed by atoms with Crippen LogP contribution in [0, 0.1) is 10.1 Å². The minimum atomic E-state index is -0.469. The summed E-state index contributed by atoms with van der Waals surface area (Å²) in [7, 11) is 1.63. The summed E-state index contributed by atoms with van der Waals surface area (Å²) in [5.74, 6) is 0.586. The van der Waals surface area contributed by atoms with Gasteiger partial charge in [0.2, 0.25) is 0 Å². The number of aromatic nitrogens is 1. The topological polar surface area (TPSA) is 86.5 Å². The monoisotopic (exact) mass is 267 g/mol. The van der Waals surface area contributed by atoms with E-state index in [1.807, 2.05) is 0 Å². The number of methoxy groups -OCH3 is 1. The first-order valence-corrected chi connectivity index (χ1v) is 6.18. The van der Waals surface area contributed by atoms with Gasteiger partial charge in [0.15, 0.2) is 0 Å². The maximum absolute atomic E-state index is 10.6. The summed E-state index contributed by atoms with van der Waals surface area (Å²) in [6, 6.07) is 3.02. The van der Waals surface area contributed by atoms with Crippen molar-refractivity contribution in [2.24, 2.45) is 0 Å². The zero-order chi connectivity index (χ0) is 13.7. The number of rotatable bonds is 6. The van der Waals surface area contributed by atoms with Crippen molar-refractivity contribution in [1.82, 2.24) is 4.98 Å². The van der Waals surface area contributed by atoms with E-state index < -0.39 is 4.92 Å². The fourth-order valence-corrected chi connectivity index (χ4v) is 2.11. The highest BCUT2D eigenvalue weighted by Gasteiger charge is 2.26. The smallest absolute Gasteiger partial charge is 0.287 e. The number of pyridine rings is 1. The number of anilines is 1. The summed E-state index contributed by atoms with van der Waals surface area (Å²) >= 11 is 0. The van der Waals surface area contributed by atoms with Gasteiger partial charge in [0, 0.05) is 19.8 Å². The van der Waals surface area contributed by atoms with Gasteiger partial charge in [-0.25, -0.2) is 4.98 Å². The van der Waals surface area contributed by atoms with Gasteiger partial charge in [0.05, 0.1) is 23.7 Å². The van der Waals surface area contributed by atoms with E-state index in [-0.39, 0.29) is 17.8 Å². The van der Waals surface area contributed by atoms with Gasteiger partial charge in [-0.2, -0.15) is 0 Å². The van der Waals surface area contributed by atoms with E-state index in [1.54, 1.807) is 13.2 Å². The van der Waals surface area contributed by atoms with Gasteiger partial charge < -0.3 is 14.8 Å². The van der Waals surface area contributed by atoms with Gasteiger partial charge in [-0.15, -0.1) is 0 Å². The molecule has 7 nitrogen and oxygen atoms in total. The lowest BCUT2D eigenvalue weighted by Crippen LogP contribution is -2.37. The maximum atomic E-state index is 10.6. The molecule has 0 aromatic carbocycles. The highest BCUT2D eigenvalue weighted by molar-refractivity contribution is 5.41. The molecule has 1 N–H and O–H groups in total. The minimum absolute atomic E-state index is 0.00135. The van der Waals surface area contributed by atoms with Crippen LogP contribution in [0.15, 0.2) is 18.3 Å². The molecule has 1 fully saturated rings. The van der Waals surface area contributed by atoms with E-state index in [1.165, 1.54) is 12.3 Å². The average molecular weight is 267 g/mol. The van der Waals surface area contributed by atoms with Crippen LogP contribution in [0.4, 0.5) is 11.5 Å². The van der Waals surface area contributed by atoms with Gasteiger partial charge in [-0.1, -0.05) is 0 Å². The molecule has 1 saturated heterocycles. The highest BCUT2D eigenvalue weighted by Crippen LogP contribution is 2.19. The third-order valence-electron chi connectivity index (χ3n) is 3.05. The van der Waals surface area contributed by atoms with Crippen LogP contribution in [0.2, 0.25) is 0 Å². The van der Waals surface area contributed by atoms with Crippen molar-refractivity contribution in [3.63, 3.8) is 0 Å². The van der Waals surface area contributed by atoms with Gasteiger partial charge in [-0.05, 0) is 18.9 Å². The van der Waals surface area contributed by atoms with Gasteiger partial charge >= 0.3 is 0 Å². The second kappa shape index (κ2) is 6.44. The Kier molecular flexibility index (Phi) is 4.64. The van der Waals surface area contributed by atoms with E-state index in [9.17, 15) is 10.1 Å². The van der Waals surface area contributed by atoms with Crippen LogP contribution in [0.25, 0.3) is 0 Å². The Bertz CT molecular complexity index is 417. The van der Waals surface area contributed by atoms with Crippen molar-refractivity contribution in [1.29, 1.82) is 0 Å². The van der Waals surface area contributed by atoms with Crippen molar-refractivity contribution in [3.8, 4) is 0 Å². The number of nitrogens with one attached hydrogen (secondary N) is 1. The van der Waals surface area contributed by atoms with Crippen LogP contribution in [0.3, 0.4) is 0 Å². The van der Waals surface area contributed by atoms with Gasteiger partial charge in [0.25, 0.3) is 5.69 Å². The van der Waals surface area contributed by atoms with Crippen molar-refractivity contribution in [3.05, 3.63) is 28.4 Å². The van der Waals surface area contributed by atoms with E-state index >= 15 is 0 Å². The Balaban J connectivity index is 2.01. The molecule has 2 unspecified atom stereocenters. The predicted octanol–water partition coefficient (Wildman–Crippen LogP) is 1.60. The molecule has 2 heterocycles. The summed E-state index contributed by atoms with van der Waals surface area (Å²) in [6.07, 6.45) is 3.35. The molecule has 1 aromatic rings. The van der Waals surface area contributed by atoms with Crippen LogP contribution in [-0.4, -0.2) is 42.4 Å². The van der Waals surface area contributed by atoms with Crippen LogP contribution in [0.5, 0.6) is 0 Å². The molecule has 2 rings (SSSR count). The fraction of sp³-hybridized carbons (Fsp3) is 0.583. The lowest BCUT2D eigenvalue weighted by molar-refractivity contribution is -0.385. The molecule has 1 aliphatic rings. The third kappa shape index (κ3) is 3.62. The zero-order valence-electron chi connectivity index (χ0n) is 10.7. The summed E-state index contributed by atoms with van der Waals surface area (Å²) in [6.45, 7) is 1.27. The number of nitrogens with zero attached hydrogens (tertiary/aromatic N) is 2. The first-order valence-electron chi connectivity index (χ1n) is 6.18. The standard InChI is InChI=1S/C12H17N3O4/c1-18-8-10(11-3-2-6-19-11)14-12-5-4-9(7-13-12)15(16)17/h4-5,7,10-11H,2-3,6,8H2,1H3,(H,13,14). The van der Waals surface area contributed by atoms with Crippen molar-refractivity contribution >= 4 is 11.5 Å². The lowest BCUT2D eigenvalue weighted by atomic mass is 10.1. The second-order valence-corrected chi connectivity index (χ2v) is 4.42. The Morgan fingerprint density at radius 2 is 2.53 bits per heavy atom. The van der Waals surface area contributed by atoms with Gasteiger partial charge in [-0.3, -0.25) is 10.1 Å². The first-order chi connectivity index (χ1) is 9.20. The Labute approximate surface area is 111 Å². The molecule has 1 aromatic heterocycles. The quantitative estimate of drug-likeness (QED) is 0.622. The van der Waals surface area contributed by atoms with Crippen molar-refractivity contribution in [2.75, 3.05) is 25.6 Å². The fourth-order valence-electron chi connectivity index (χ4n) is 2.11. The van der Waals surface area contributed by atoms with E-state index in [0.29, 0.717) is 12.4 Å². The molecule has 104 valence electrons. The van der Waals surface area contributed by atoms with Crippen LogP contribution < -0.4 is 5.32 Å². The SMILES string of the molecule is COCC(Nc1ccc([N+](=O)[O-])cn1)C1CCCO1. The average Bonchev–Trinajstić information content (AvgIpc) is 2.92. The molecule has 0 bridgehead atoms. The number of hydrogen-bond acceptors (Lipinski definition) is 6. The molecule has 7 heteroatoms. The molecule has 0 saturated carbocycles. The normalized spacial score (nSPS) is 20.2. The van der Waals surface area contributed by atoms with E-state index in [2.05, 4.69) is 10.3 Å². The molecule has 0 amide bonds. The number of nitro groups is 1. The third-order valence-corrected chi connectivity index (χ3v) is 3.05. The molecule has 0 spiro atoms. The van der Waals surface area contributed by atoms with Crippen molar-refractivity contribution < 1.29 is 14.4 Å². The summed E-state index contributed by atoms with van der Waals surface area (Å²) in [4.78, 5) is 14.1. The molecule has 2 atom stereocenters. The van der Waals surface area contributed by atoms with Gasteiger partial charge in [0.1, 0.15) is 12.0 Å². The second-order valence-electron chi connectivity index (χ2n) is 4.42. The number of ether oxygens (including phenoxy) is 2. The minimum Gasteiger partial charge on any atom is -0.382 e. The van der Waals surface area contributed by atoms with E-state index in [0.717, 1.165) is 19.4 Å². The molecular formula is C12H17N3O4. The first kappa shape index (κ1) is 13.7. The highest BCUT2D eigenvalue weighted by atomic mass is 16.6. The molecule has 0 aliphatic carbocycles. The molecule has 19 heavy (non-hydrogen) atoms. The summed E-state index contributed by atoms with van der Waals surface area (Å²) in [5, 5.41) is 13.8. The zero-order valence-corrected chi connectivity index (χ0v) is 10.7. The van der Waals surface area contributed by atoms with Crippen molar-refractivity contribution in [2.45, 2.75) is 25.0 Å². The van der Waals surface area contributed by atoms with Crippen LogP contribution in [-0.2, 0) is 9.47 Å². The Morgan fingerprint density at radius 3 is 3.05 bits per heavy atom. The summed E-state index contributed by atoms with van der Waals surface area (Å²) < 4.78 is 10.8. The Hall–Kier alpha value is -1.73. The lowest BCUT2D eigenvalue weighted by Gasteiger charge is -2.23. The van der Waals surface area contributed by atoms with Crippen LogP contribution in [0.1, 0.15) is 12.8 Å². The van der Waals surface area contributed by atoms with Crippen LogP contribution >= 0.6 is 0 Å². The Morgan fingerprint density at radius 1 is 1.68 bits per heavy atom. The largest absolute Gasteiger partial charge is 0.382 e. The maximum Gasteiger partial charge on any atom is 0.287 e.